The first-order chi connectivity index (χ1) is 9.19. The van der Waals surface area contributed by atoms with Gasteiger partial charge in [0.2, 0.25) is 0 Å². The number of hydrogen-bond acceptors (Lipinski definition) is 3. The van der Waals surface area contributed by atoms with Gasteiger partial charge in [0.25, 0.3) is 0 Å². The molecular formula is C15H17BrN2O. The molecule has 0 aliphatic carbocycles. The average molecular weight is 321 g/mol. The van der Waals surface area contributed by atoms with Crippen LogP contribution in [0.5, 0.6) is 11.5 Å². The standard InChI is InChI=1S/C15H17BrN2O/c1-3-17-9-12-10-18-11(2)7-15(12)19-14-6-4-5-13(16)8-14/h4-8,10,17H,3,9H2,1-2H3. The lowest BCUT2D eigenvalue weighted by molar-refractivity contribution is 0.471. The zero-order valence-corrected chi connectivity index (χ0v) is 12.7. The van der Waals surface area contributed by atoms with E-state index in [1.165, 1.54) is 0 Å². The van der Waals surface area contributed by atoms with Gasteiger partial charge in [0.15, 0.2) is 0 Å². The summed E-state index contributed by atoms with van der Waals surface area (Å²) < 4.78 is 6.96. The van der Waals surface area contributed by atoms with E-state index in [9.17, 15) is 0 Å². The van der Waals surface area contributed by atoms with Gasteiger partial charge in [-0.05, 0) is 31.7 Å². The van der Waals surface area contributed by atoms with E-state index in [0.717, 1.165) is 40.3 Å². The summed E-state index contributed by atoms with van der Waals surface area (Å²) in [5, 5.41) is 3.29. The maximum absolute atomic E-state index is 5.96. The summed E-state index contributed by atoms with van der Waals surface area (Å²) in [5.74, 6) is 1.67. The third-order valence-electron chi connectivity index (χ3n) is 2.67. The first kappa shape index (κ1) is 14.0. The quantitative estimate of drug-likeness (QED) is 0.902. The van der Waals surface area contributed by atoms with E-state index in [0.29, 0.717) is 0 Å². The topological polar surface area (TPSA) is 34.2 Å². The molecule has 2 rings (SSSR count). The summed E-state index contributed by atoms with van der Waals surface area (Å²) in [6.07, 6.45) is 1.87. The van der Waals surface area contributed by atoms with Crippen LogP contribution >= 0.6 is 15.9 Å². The fourth-order valence-electron chi connectivity index (χ4n) is 1.71. The molecule has 4 heteroatoms. The number of aryl methyl sites for hydroxylation is 1. The van der Waals surface area contributed by atoms with Crippen molar-refractivity contribution >= 4 is 15.9 Å². The van der Waals surface area contributed by atoms with E-state index >= 15 is 0 Å². The third kappa shape index (κ3) is 4.04. The minimum absolute atomic E-state index is 0.757. The molecule has 0 bridgehead atoms. The van der Waals surface area contributed by atoms with Crippen LogP contribution in [0, 0.1) is 6.92 Å². The minimum Gasteiger partial charge on any atom is -0.457 e. The molecule has 19 heavy (non-hydrogen) atoms. The summed E-state index contributed by atoms with van der Waals surface area (Å²) >= 11 is 3.45. The number of nitrogens with zero attached hydrogens (tertiary/aromatic N) is 1. The van der Waals surface area contributed by atoms with Gasteiger partial charge >= 0.3 is 0 Å². The lowest BCUT2D eigenvalue weighted by Crippen LogP contribution is -2.12. The second kappa shape index (κ2) is 6.68. The number of benzene rings is 1. The van der Waals surface area contributed by atoms with Crippen molar-refractivity contribution in [2.24, 2.45) is 0 Å². The van der Waals surface area contributed by atoms with Crippen LogP contribution in [0.4, 0.5) is 0 Å². The second-order valence-electron chi connectivity index (χ2n) is 4.27. The highest BCUT2D eigenvalue weighted by atomic mass is 79.9. The summed E-state index contributed by atoms with van der Waals surface area (Å²) in [4.78, 5) is 4.32. The van der Waals surface area contributed by atoms with Crippen molar-refractivity contribution in [2.75, 3.05) is 6.54 Å². The SMILES string of the molecule is CCNCc1cnc(C)cc1Oc1cccc(Br)c1. The zero-order chi connectivity index (χ0) is 13.7. The van der Waals surface area contributed by atoms with Crippen molar-refractivity contribution in [2.45, 2.75) is 20.4 Å². The predicted octanol–water partition coefficient (Wildman–Crippen LogP) is 4.05. The molecule has 100 valence electrons. The molecule has 0 atom stereocenters. The van der Waals surface area contributed by atoms with E-state index in [1.807, 2.05) is 43.5 Å². The Bertz CT molecular complexity index is 558. The molecule has 1 aromatic carbocycles. The van der Waals surface area contributed by atoms with Gasteiger partial charge in [-0.15, -0.1) is 0 Å². The van der Waals surface area contributed by atoms with Crippen molar-refractivity contribution in [1.29, 1.82) is 0 Å². The number of aromatic nitrogens is 1. The smallest absolute Gasteiger partial charge is 0.135 e. The Morgan fingerprint density at radius 1 is 1.32 bits per heavy atom. The van der Waals surface area contributed by atoms with Gasteiger partial charge in [0.1, 0.15) is 11.5 Å². The van der Waals surface area contributed by atoms with Crippen LogP contribution < -0.4 is 10.1 Å². The van der Waals surface area contributed by atoms with Crippen LogP contribution in [-0.4, -0.2) is 11.5 Å². The van der Waals surface area contributed by atoms with E-state index in [-0.39, 0.29) is 0 Å². The van der Waals surface area contributed by atoms with Crippen LogP contribution in [0.15, 0.2) is 41.0 Å². The van der Waals surface area contributed by atoms with Crippen LogP contribution in [0.3, 0.4) is 0 Å². The van der Waals surface area contributed by atoms with E-state index < -0.39 is 0 Å². The van der Waals surface area contributed by atoms with Crippen LogP contribution in [0.25, 0.3) is 0 Å². The van der Waals surface area contributed by atoms with Crippen molar-refractivity contribution in [3.63, 3.8) is 0 Å². The molecule has 3 nitrogen and oxygen atoms in total. The second-order valence-corrected chi connectivity index (χ2v) is 5.19. The lowest BCUT2D eigenvalue weighted by Gasteiger charge is -2.12. The summed E-state index contributed by atoms with van der Waals surface area (Å²) in [5.41, 5.74) is 2.01. The highest BCUT2D eigenvalue weighted by Crippen LogP contribution is 2.27. The largest absolute Gasteiger partial charge is 0.457 e. The molecule has 0 unspecified atom stereocenters. The molecule has 1 heterocycles. The van der Waals surface area contributed by atoms with Crippen LogP contribution in [-0.2, 0) is 6.54 Å². The van der Waals surface area contributed by atoms with Crippen molar-refractivity contribution < 1.29 is 4.74 Å². The summed E-state index contributed by atoms with van der Waals surface area (Å²) in [6.45, 7) is 5.72. The van der Waals surface area contributed by atoms with Gasteiger partial charge in [-0.3, -0.25) is 4.98 Å². The Kier molecular flexibility index (Phi) is 4.93. The molecule has 0 radical (unpaired) electrons. The number of pyridine rings is 1. The number of halogens is 1. The van der Waals surface area contributed by atoms with E-state index in [1.54, 1.807) is 0 Å². The summed E-state index contributed by atoms with van der Waals surface area (Å²) in [7, 11) is 0. The lowest BCUT2D eigenvalue weighted by atomic mass is 10.2. The first-order valence-corrected chi connectivity index (χ1v) is 7.08. The highest BCUT2D eigenvalue weighted by Gasteiger charge is 2.06. The van der Waals surface area contributed by atoms with Crippen LogP contribution in [0.2, 0.25) is 0 Å². The van der Waals surface area contributed by atoms with Crippen LogP contribution in [0.1, 0.15) is 18.2 Å². The van der Waals surface area contributed by atoms with Crippen molar-refractivity contribution in [1.82, 2.24) is 10.3 Å². The third-order valence-corrected chi connectivity index (χ3v) is 3.16. The van der Waals surface area contributed by atoms with E-state index in [4.69, 9.17) is 4.74 Å². The van der Waals surface area contributed by atoms with E-state index in [2.05, 4.69) is 33.2 Å². The number of ether oxygens (including phenoxy) is 1. The van der Waals surface area contributed by atoms with Gasteiger partial charge < -0.3 is 10.1 Å². The van der Waals surface area contributed by atoms with Crippen molar-refractivity contribution in [3.8, 4) is 11.5 Å². The molecule has 0 aliphatic rings. The summed E-state index contributed by atoms with van der Waals surface area (Å²) in [6, 6.07) is 9.79. The van der Waals surface area contributed by atoms with Gasteiger partial charge in [-0.1, -0.05) is 28.9 Å². The fraction of sp³-hybridized carbons (Fsp3) is 0.267. The number of rotatable bonds is 5. The highest BCUT2D eigenvalue weighted by molar-refractivity contribution is 9.10. The molecule has 0 spiro atoms. The average Bonchev–Trinajstić information content (AvgIpc) is 2.38. The maximum atomic E-state index is 5.96. The molecule has 0 amide bonds. The molecule has 0 aliphatic heterocycles. The van der Waals surface area contributed by atoms with Gasteiger partial charge in [0.05, 0.1) is 0 Å². The molecule has 1 N–H and O–H groups in total. The number of hydrogen-bond donors (Lipinski definition) is 1. The Labute approximate surface area is 122 Å². The van der Waals surface area contributed by atoms with Gasteiger partial charge in [-0.25, -0.2) is 0 Å². The Balaban J connectivity index is 2.24. The molecule has 0 saturated carbocycles. The Morgan fingerprint density at radius 2 is 2.16 bits per heavy atom. The fourth-order valence-corrected chi connectivity index (χ4v) is 2.09. The molecular weight excluding hydrogens is 304 g/mol. The minimum atomic E-state index is 0.757. The zero-order valence-electron chi connectivity index (χ0n) is 11.1. The molecule has 1 aromatic heterocycles. The van der Waals surface area contributed by atoms with Gasteiger partial charge in [0, 0.05) is 34.5 Å². The first-order valence-electron chi connectivity index (χ1n) is 6.28. The predicted molar refractivity (Wildman–Crippen MR) is 80.6 cm³/mol. The number of nitrogens with one attached hydrogen (secondary N) is 1. The van der Waals surface area contributed by atoms with Crippen molar-refractivity contribution in [3.05, 3.63) is 52.3 Å². The Morgan fingerprint density at radius 3 is 2.89 bits per heavy atom. The maximum Gasteiger partial charge on any atom is 0.135 e. The monoisotopic (exact) mass is 320 g/mol. The Hall–Kier alpha value is -1.39. The molecule has 0 saturated heterocycles. The normalized spacial score (nSPS) is 10.5. The van der Waals surface area contributed by atoms with Gasteiger partial charge in [-0.2, -0.15) is 0 Å². The molecule has 0 fully saturated rings. The molecule has 2 aromatic rings.